The Balaban J connectivity index is 2.26. The van der Waals surface area contributed by atoms with Crippen molar-refractivity contribution in [2.45, 2.75) is 32.1 Å². The van der Waals surface area contributed by atoms with Gasteiger partial charge in [0.25, 0.3) is 0 Å². The van der Waals surface area contributed by atoms with Crippen molar-refractivity contribution in [3.05, 3.63) is 17.5 Å². The zero-order valence-corrected chi connectivity index (χ0v) is 8.77. The minimum absolute atomic E-state index is 0.401. The molecule has 2 rings (SSSR count). The van der Waals surface area contributed by atoms with Gasteiger partial charge in [-0.15, -0.1) is 0 Å². The quantitative estimate of drug-likeness (QED) is 0.685. The maximum absolute atomic E-state index is 10.5. The van der Waals surface area contributed by atoms with Crippen molar-refractivity contribution >= 4 is 6.29 Å². The second-order valence-corrected chi connectivity index (χ2v) is 3.64. The van der Waals surface area contributed by atoms with Crippen molar-refractivity contribution in [2.24, 2.45) is 0 Å². The molecule has 1 fully saturated rings. The number of aromatic nitrogens is 2. The molecule has 0 atom stereocenters. The Kier molecular flexibility index (Phi) is 2.94. The van der Waals surface area contributed by atoms with Gasteiger partial charge in [-0.2, -0.15) is 4.98 Å². The Morgan fingerprint density at radius 1 is 1.60 bits per heavy atom. The number of carbonyl (C=O) groups is 1. The van der Waals surface area contributed by atoms with E-state index in [0.29, 0.717) is 25.0 Å². The van der Waals surface area contributed by atoms with Gasteiger partial charge in [0.05, 0.1) is 12.3 Å². The molecule has 80 valence electrons. The summed E-state index contributed by atoms with van der Waals surface area (Å²) in [6.45, 7) is 2.47. The normalized spacial score (nSPS) is 15.0. The predicted molar refractivity (Wildman–Crippen MR) is 54.9 cm³/mol. The first kappa shape index (κ1) is 10.1. The molecule has 0 amide bonds. The summed E-state index contributed by atoms with van der Waals surface area (Å²) in [5.74, 6) is 0.516. The van der Waals surface area contributed by atoms with E-state index in [2.05, 4.69) is 9.97 Å². The molecule has 0 bridgehead atoms. The largest absolute Gasteiger partial charge is 0.464 e. The third-order valence-electron chi connectivity index (χ3n) is 2.42. The summed E-state index contributed by atoms with van der Waals surface area (Å²) in [5.41, 5.74) is 1.94. The second-order valence-electron chi connectivity index (χ2n) is 3.64. The third kappa shape index (κ3) is 2.32. The molecule has 15 heavy (non-hydrogen) atoms. The lowest BCUT2D eigenvalue weighted by molar-refractivity contribution is -0.107. The fourth-order valence-electron chi connectivity index (χ4n) is 1.56. The summed E-state index contributed by atoms with van der Waals surface area (Å²) in [5, 5.41) is 0. The van der Waals surface area contributed by atoms with Crippen molar-refractivity contribution in [2.75, 3.05) is 6.61 Å². The number of ether oxygens (including phenoxy) is 1. The van der Waals surface area contributed by atoms with E-state index in [1.165, 1.54) is 0 Å². The first-order chi connectivity index (χ1) is 7.35. The molecule has 4 nitrogen and oxygen atoms in total. The number of rotatable bonds is 5. The molecule has 0 aliphatic heterocycles. The van der Waals surface area contributed by atoms with Crippen LogP contribution < -0.4 is 4.74 Å². The summed E-state index contributed by atoms with van der Waals surface area (Å²) < 4.78 is 5.25. The van der Waals surface area contributed by atoms with Crippen LogP contribution >= 0.6 is 0 Å². The van der Waals surface area contributed by atoms with Crippen molar-refractivity contribution < 1.29 is 9.53 Å². The number of hydrogen-bond donors (Lipinski definition) is 0. The van der Waals surface area contributed by atoms with E-state index in [9.17, 15) is 4.79 Å². The van der Waals surface area contributed by atoms with Crippen LogP contribution in [0.5, 0.6) is 6.01 Å². The van der Waals surface area contributed by atoms with Gasteiger partial charge >= 0.3 is 6.01 Å². The van der Waals surface area contributed by atoms with Gasteiger partial charge in [-0.3, -0.25) is 0 Å². The molecular weight excluding hydrogens is 192 g/mol. The summed E-state index contributed by atoms with van der Waals surface area (Å²) in [6, 6.07) is 0.425. The predicted octanol–water partition coefficient (Wildman–Crippen LogP) is 1.49. The Hall–Kier alpha value is -1.45. The molecule has 1 aliphatic carbocycles. The zero-order valence-electron chi connectivity index (χ0n) is 8.77. The van der Waals surface area contributed by atoms with Crippen molar-refractivity contribution in [3.63, 3.8) is 0 Å². The number of aldehydes is 1. The van der Waals surface area contributed by atoms with E-state index in [0.717, 1.165) is 30.4 Å². The fourth-order valence-corrected chi connectivity index (χ4v) is 1.56. The SMILES string of the molecule is CCOc1ncc(CC=O)c(C2CC2)n1. The summed E-state index contributed by atoms with van der Waals surface area (Å²) in [6.07, 6.45) is 5.33. The van der Waals surface area contributed by atoms with Crippen LogP contribution in [0, 0.1) is 0 Å². The molecule has 0 unspecified atom stereocenters. The molecule has 0 spiro atoms. The molecule has 4 heteroatoms. The molecular formula is C11H14N2O2. The molecule has 0 saturated heterocycles. The average Bonchev–Trinajstić information content (AvgIpc) is 3.04. The Morgan fingerprint density at radius 2 is 2.40 bits per heavy atom. The minimum atomic E-state index is 0.401. The van der Waals surface area contributed by atoms with Crippen LogP contribution in [0.3, 0.4) is 0 Å². The summed E-state index contributed by atoms with van der Waals surface area (Å²) in [4.78, 5) is 18.9. The van der Waals surface area contributed by atoms with E-state index in [4.69, 9.17) is 4.74 Å². The molecule has 1 aromatic heterocycles. The van der Waals surface area contributed by atoms with Gasteiger partial charge in [0.1, 0.15) is 6.29 Å². The first-order valence-electron chi connectivity index (χ1n) is 5.27. The van der Waals surface area contributed by atoms with E-state index in [-0.39, 0.29) is 0 Å². The van der Waals surface area contributed by atoms with Crippen LogP contribution in [0.4, 0.5) is 0 Å². The van der Waals surface area contributed by atoms with E-state index in [1.54, 1.807) is 6.20 Å². The maximum atomic E-state index is 10.5. The smallest absolute Gasteiger partial charge is 0.316 e. The third-order valence-corrected chi connectivity index (χ3v) is 2.42. The molecule has 1 aliphatic rings. The van der Waals surface area contributed by atoms with E-state index in [1.807, 2.05) is 6.92 Å². The van der Waals surface area contributed by atoms with Crippen molar-refractivity contribution in [1.82, 2.24) is 9.97 Å². The first-order valence-corrected chi connectivity index (χ1v) is 5.27. The van der Waals surface area contributed by atoms with Gasteiger partial charge in [0.15, 0.2) is 0 Å². The van der Waals surface area contributed by atoms with Gasteiger partial charge in [0, 0.05) is 18.5 Å². The zero-order chi connectivity index (χ0) is 10.7. The molecule has 0 aromatic carbocycles. The monoisotopic (exact) mass is 206 g/mol. The fraction of sp³-hybridized carbons (Fsp3) is 0.545. The van der Waals surface area contributed by atoms with Crippen LogP contribution in [0.15, 0.2) is 6.20 Å². The van der Waals surface area contributed by atoms with Crippen LogP contribution in [0.2, 0.25) is 0 Å². The average molecular weight is 206 g/mol. The standard InChI is InChI=1S/C11H14N2O2/c1-2-15-11-12-7-9(5-6-14)10(13-11)8-3-4-8/h6-8H,2-5H2,1H3. The Labute approximate surface area is 88.7 Å². The second kappa shape index (κ2) is 4.38. The topological polar surface area (TPSA) is 52.1 Å². The highest BCUT2D eigenvalue weighted by Gasteiger charge is 2.28. The van der Waals surface area contributed by atoms with Gasteiger partial charge in [-0.1, -0.05) is 0 Å². The molecule has 1 saturated carbocycles. The highest BCUT2D eigenvalue weighted by molar-refractivity contribution is 5.55. The number of hydrogen-bond acceptors (Lipinski definition) is 4. The van der Waals surface area contributed by atoms with Crippen LogP contribution in [0.25, 0.3) is 0 Å². The van der Waals surface area contributed by atoms with Crippen molar-refractivity contribution in [1.29, 1.82) is 0 Å². The highest BCUT2D eigenvalue weighted by atomic mass is 16.5. The lowest BCUT2D eigenvalue weighted by Gasteiger charge is -2.07. The van der Waals surface area contributed by atoms with Gasteiger partial charge in [0.2, 0.25) is 0 Å². The van der Waals surface area contributed by atoms with E-state index < -0.39 is 0 Å². The van der Waals surface area contributed by atoms with Crippen LogP contribution in [0.1, 0.15) is 36.9 Å². The summed E-state index contributed by atoms with van der Waals surface area (Å²) in [7, 11) is 0. The van der Waals surface area contributed by atoms with Gasteiger partial charge in [-0.25, -0.2) is 4.98 Å². The number of nitrogens with zero attached hydrogens (tertiary/aromatic N) is 2. The Bertz CT molecular complexity index is 362. The van der Waals surface area contributed by atoms with Crippen molar-refractivity contribution in [3.8, 4) is 6.01 Å². The van der Waals surface area contributed by atoms with Crippen LogP contribution in [-0.2, 0) is 11.2 Å². The summed E-state index contributed by atoms with van der Waals surface area (Å²) >= 11 is 0. The number of carbonyl (C=O) groups excluding carboxylic acids is 1. The Morgan fingerprint density at radius 3 is 3.00 bits per heavy atom. The van der Waals surface area contributed by atoms with E-state index >= 15 is 0 Å². The molecule has 1 aromatic rings. The van der Waals surface area contributed by atoms with Crippen LogP contribution in [-0.4, -0.2) is 22.9 Å². The minimum Gasteiger partial charge on any atom is -0.464 e. The lowest BCUT2D eigenvalue weighted by Crippen LogP contribution is -2.04. The van der Waals surface area contributed by atoms with Gasteiger partial charge in [-0.05, 0) is 25.3 Å². The molecule has 0 N–H and O–H groups in total. The van der Waals surface area contributed by atoms with Gasteiger partial charge < -0.3 is 9.53 Å². The maximum Gasteiger partial charge on any atom is 0.316 e. The highest BCUT2D eigenvalue weighted by Crippen LogP contribution is 2.40. The molecule has 0 radical (unpaired) electrons. The lowest BCUT2D eigenvalue weighted by atomic mass is 10.1. The molecule has 1 heterocycles.